The lowest BCUT2D eigenvalue weighted by Crippen LogP contribution is -2.43. The van der Waals surface area contributed by atoms with Gasteiger partial charge in [0, 0.05) is 25.7 Å². The van der Waals surface area contributed by atoms with Crippen molar-refractivity contribution >= 4 is 10.0 Å². The van der Waals surface area contributed by atoms with Crippen LogP contribution in [-0.4, -0.2) is 53.3 Å². The Morgan fingerprint density at radius 3 is 2.50 bits per heavy atom. The van der Waals surface area contributed by atoms with Crippen molar-refractivity contribution in [2.75, 3.05) is 40.0 Å². The van der Waals surface area contributed by atoms with Gasteiger partial charge in [0.1, 0.15) is 16.5 Å². The highest BCUT2D eigenvalue weighted by atomic mass is 32.2. The summed E-state index contributed by atoms with van der Waals surface area (Å²) in [7, 11) is -2.34. The minimum Gasteiger partial charge on any atom is -0.495 e. The molecule has 6 nitrogen and oxygen atoms in total. The molecule has 1 fully saturated rings. The Hall–Kier alpha value is -2.00. The standard InChI is InChI=1S/C20H25FN2O4S/c1-15-3-8-19(26-2)20(13-15)28(24,25)22-14-18(23-9-11-27-12-10-23)16-4-6-17(21)7-5-16/h3-8,13,18,22H,9-12,14H2,1-2H3/t18-/m1/s1. The van der Waals surface area contributed by atoms with Gasteiger partial charge in [-0.2, -0.15) is 0 Å². The molecule has 0 unspecified atom stereocenters. The van der Waals surface area contributed by atoms with Gasteiger partial charge in [-0.3, -0.25) is 4.90 Å². The smallest absolute Gasteiger partial charge is 0.244 e. The molecular weight excluding hydrogens is 383 g/mol. The molecule has 1 aliphatic heterocycles. The predicted molar refractivity (Wildman–Crippen MR) is 104 cm³/mol. The predicted octanol–water partition coefficient (Wildman–Crippen LogP) is 2.49. The van der Waals surface area contributed by atoms with Crippen molar-refractivity contribution in [1.82, 2.24) is 9.62 Å². The summed E-state index contributed by atoms with van der Waals surface area (Å²) in [6, 6.07) is 11.0. The molecule has 0 saturated carbocycles. The van der Waals surface area contributed by atoms with Crippen LogP contribution >= 0.6 is 0 Å². The van der Waals surface area contributed by atoms with E-state index in [-0.39, 0.29) is 23.3 Å². The third-order valence-corrected chi connectivity index (χ3v) is 6.26. The molecule has 1 N–H and O–H groups in total. The molecule has 1 atom stereocenters. The molecule has 0 aromatic heterocycles. The van der Waals surface area contributed by atoms with Gasteiger partial charge < -0.3 is 9.47 Å². The molecule has 2 aromatic carbocycles. The van der Waals surface area contributed by atoms with E-state index in [1.165, 1.54) is 19.2 Å². The molecule has 1 heterocycles. The first-order valence-corrected chi connectivity index (χ1v) is 10.6. The summed E-state index contributed by atoms with van der Waals surface area (Å²) in [6.07, 6.45) is 0. The van der Waals surface area contributed by atoms with Gasteiger partial charge in [-0.05, 0) is 42.3 Å². The van der Waals surface area contributed by atoms with Gasteiger partial charge >= 0.3 is 0 Å². The molecule has 8 heteroatoms. The van der Waals surface area contributed by atoms with Crippen LogP contribution in [0.3, 0.4) is 0 Å². The molecule has 28 heavy (non-hydrogen) atoms. The molecule has 0 aliphatic carbocycles. The Labute approximate surface area is 165 Å². The molecule has 1 saturated heterocycles. The number of sulfonamides is 1. The zero-order chi connectivity index (χ0) is 20.1. The van der Waals surface area contributed by atoms with Crippen LogP contribution in [0.2, 0.25) is 0 Å². The maximum atomic E-state index is 13.4. The van der Waals surface area contributed by atoms with E-state index < -0.39 is 10.0 Å². The van der Waals surface area contributed by atoms with Crippen molar-refractivity contribution in [3.63, 3.8) is 0 Å². The molecular formula is C20H25FN2O4S. The summed E-state index contributed by atoms with van der Waals surface area (Å²) < 4.78 is 52.6. The van der Waals surface area contributed by atoms with Gasteiger partial charge in [-0.15, -0.1) is 0 Å². The highest BCUT2D eigenvalue weighted by Gasteiger charge is 2.26. The first kappa shape index (κ1) is 20.7. The molecule has 152 valence electrons. The number of morpholine rings is 1. The Kier molecular flexibility index (Phi) is 6.66. The number of benzene rings is 2. The first-order chi connectivity index (χ1) is 13.4. The van der Waals surface area contributed by atoms with E-state index in [4.69, 9.17) is 9.47 Å². The van der Waals surface area contributed by atoms with E-state index in [2.05, 4.69) is 9.62 Å². The van der Waals surface area contributed by atoms with E-state index in [9.17, 15) is 12.8 Å². The minimum absolute atomic E-state index is 0.106. The van der Waals surface area contributed by atoms with E-state index in [1.54, 1.807) is 30.3 Å². The molecule has 0 radical (unpaired) electrons. The highest BCUT2D eigenvalue weighted by molar-refractivity contribution is 7.89. The highest BCUT2D eigenvalue weighted by Crippen LogP contribution is 2.26. The topological polar surface area (TPSA) is 67.9 Å². The summed E-state index contributed by atoms with van der Waals surface area (Å²) in [6.45, 7) is 4.50. The number of rotatable bonds is 7. The third kappa shape index (κ3) is 4.88. The lowest BCUT2D eigenvalue weighted by atomic mass is 10.0. The number of halogens is 1. The van der Waals surface area contributed by atoms with Gasteiger partial charge in [0.2, 0.25) is 10.0 Å². The SMILES string of the molecule is COc1ccc(C)cc1S(=O)(=O)NC[C@H](c1ccc(F)cc1)N1CCOCC1. The van der Waals surface area contributed by atoms with Crippen molar-refractivity contribution in [1.29, 1.82) is 0 Å². The van der Waals surface area contributed by atoms with Crippen LogP contribution in [0.25, 0.3) is 0 Å². The van der Waals surface area contributed by atoms with E-state index >= 15 is 0 Å². The Bertz CT molecular complexity index is 897. The largest absolute Gasteiger partial charge is 0.495 e. The zero-order valence-electron chi connectivity index (χ0n) is 16.0. The van der Waals surface area contributed by atoms with Crippen LogP contribution in [-0.2, 0) is 14.8 Å². The summed E-state index contributed by atoms with van der Waals surface area (Å²) in [5.74, 6) is -0.0302. The number of hydrogen-bond acceptors (Lipinski definition) is 5. The van der Waals surface area contributed by atoms with Crippen LogP contribution in [0.5, 0.6) is 5.75 Å². The van der Waals surface area contributed by atoms with Crippen molar-refractivity contribution in [2.24, 2.45) is 0 Å². The van der Waals surface area contributed by atoms with Crippen LogP contribution in [0.1, 0.15) is 17.2 Å². The fraction of sp³-hybridized carbons (Fsp3) is 0.400. The van der Waals surface area contributed by atoms with E-state index in [0.717, 1.165) is 11.1 Å². The van der Waals surface area contributed by atoms with Crippen molar-refractivity contribution in [2.45, 2.75) is 17.9 Å². The average Bonchev–Trinajstić information content (AvgIpc) is 2.70. The molecule has 3 rings (SSSR count). The van der Waals surface area contributed by atoms with Crippen LogP contribution in [0.4, 0.5) is 4.39 Å². The van der Waals surface area contributed by atoms with E-state index in [0.29, 0.717) is 32.1 Å². The lowest BCUT2D eigenvalue weighted by molar-refractivity contribution is 0.0172. The van der Waals surface area contributed by atoms with Gasteiger partial charge in [-0.25, -0.2) is 17.5 Å². The van der Waals surface area contributed by atoms with Crippen molar-refractivity contribution in [3.8, 4) is 5.75 Å². The van der Waals surface area contributed by atoms with Gasteiger partial charge in [-0.1, -0.05) is 18.2 Å². The fourth-order valence-corrected chi connectivity index (χ4v) is 4.58. The second-order valence-electron chi connectivity index (χ2n) is 6.72. The van der Waals surface area contributed by atoms with Crippen LogP contribution in [0.15, 0.2) is 47.4 Å². The number of nitrogens with zero attached hydrogens (tertiary/aromatic N) is 1. The van der Waals surface area contributed by atoms with Crippen LogP contribution < -0.4 is 9.46 Å². The van der Waals surface area contributed by atoms with Crippen molar-refractivity contribution in [3.05, 3.63) is 59.4 Å². The quantitative estimate of drug-likeness (QED) is 0.763. The lowest BCUT2D eigenvalue weighted by Gasteiger charge is -2.35. The minimum atomic E-state index is -3.78. The number of ether oxygens (including phenoxy) is 2. The van der Waals surface area contributed by atoms with Gasteiger partial charge in [0.15, 0.2) is 0 Å². The number of aryl methyl sites for hydroxylation is 1. The number of nitrogens with one attached hydrogen (secondary N) is 1. The first-order valence-electron chi connectivity index (χ1n) is 9.12. The number of hydrogen-bond donors (Lipinski definition) is 1. The Morgan fingerprint density at radius 1 is 1.18 bits per heavy atom. The maximum absolute atomic E-state index is 13.4. The van der Waals surface area contributed by atoms with E-state index in [1.807, 2.05) is 6.92 Å². The maximum Gasteiger partial charge on any atom is 0.244 e. The summed E-state index contributed by atoms with van der Waals surface area (Å²) in [5.41, 5.74) is 1.67. The fourth-order valence-electron chi connectivity index (χ4n) is 3.29. The van der Waals surface area contributed by atoms with Gasteiger partial charge in [0.25, 0.3) is 0 Å². The normalized spacial score (nSPS) is 16.7. The van der Waals surface area contributed by atoms with Crippen molar-refractivity contribution < 1.29 is 22.3 Å². The second kappa shape index (κ2) is 9.00. The monoisotopic (exact) mass is 408 g/mol. The molecule has 0 bridgehead atoms. The van der Waals surface area contributed by atoms with Gasteiger partial charge in [0.05, 0.1) is 20.3 Å². The molecule has 0 spiro atoms. The summed E-state index contributed by atoms with van der Waals surface area (Å²) >= 11 is 0. The Morgan fingerprint density at radius 2 is 1.86 bits per heavy atom. The average molecular weight is 408 g/mol. The number of methoxy groups -OCH3 is 1. The Balaban J connectivity index is 1.84. The van der Waals surface area contributed by atoms with Crippen LogP contribution in [0, 0.1) is 12.7 Å². The summed E-state index contributed by atoms with van der Waals surface area (Å²) in [4.78, 5) is 2.25. The molecule has 2 aromatic rings. The second-order valence-corrected chi connectivity index (χ2v) is 8.46. The zero-order valence-corrected chi connectivity index (χ0v) is 16.8. The summed E-state index contributed by atoms with van der Waals surface area (Å²) in [5, 5.41) is 0. The molecule has 1 aliphatic rings. The molecule has 0 amide bonds. The third-order valence-electron chi connectivity index (χ3n) is 4.82.